The summed E-state index contributed by atoms with van der Waals surface area (Å²) in [5, 5.41) is 11.1. The molecule has 1 aromatic carbocycles. The zero-order valence-corrected chi connectivity index (χ0v) is 16.0. The van der Waals surface area contributed by atoms with E-state index in [0.29, 0.717) is 0 Å². The average Bonchev–Trinajstić information content (AvgIpc) is 3.09. The number of aromatic nitrogens is 1. The molecule has 5 nitrogen and oxygen atoms in total. The molecule has 1 aliphatic rings. The van der Waals surface area contributed by atoms with Crippen molar-refractivity contribution in [3.8, 4) is 0 Å². The highest BCUT2D eigenvalue weighted by atomic mass is 35.5. The average molecular weight is 471 g/mol. The molecule has 1 atom stereocenters. The number of carboxylic acids is 1. The van der Waals surface area contributed by atoms with Gasteiger partial charge >= 0.3 is 18.3 Å². The molecule has 2 heterocycles. The molecule has 1 aromatic heterocycles. The van der Waals surface area contributed by atoms with E-state index in [4.69, 9.17) is 16.7 Å². The quantitative estimate of drug-likeness (QED) is 0.603. The van der Waals surface area contributed by atoms with Gasteiger partial charge in [0.15, 0.2) is 5.69 Å². The van der Waals surface area contributed by atoms with E-state index in [9.17, 15) is 35.5 Å². The van der Waals surface area contributed by atoms with Crippen molar-refractivity contribution < 1.29 is 45.5 Å². The Bertz CT molecular complexity index is 1100. The molecule has 13 heteroatoms. The summed E-state index contributed by atoms with van der Waals surface area (Å²) in [5.41, 5.74) is -7.43. The minimum absolute atomic E-state index is 0.0236. The van der Waals surface area contributed by atoms with Crippen LogP contribution >= 0.6 is 11.6 Å². The zero-order chi connectivity index (χ0) is 23.4. The van der Waals surface area contributed by atoms with Crippen LogP contribution in [-0.4, -0.2) is 27.9 Å². The Hall–Kier alpha value is -2.89. The summed E-state index contributed by atoms with van der Waals surface area (Å²) in [6, 6.07) is 1.31. The molecule has 31 heavy (non-hydrogen) atoms. The summed E-state index contributed by atoms with van der Waals surface area (Å²) in [6.45, 7) is 1.33. The van der Waals surface area contributed by atoms with Crippen molar-refractivity contribution in [2.24, 2.45) is 5.16 Å². The number of oxime groups is 1. The van der Waals surface area contributed by atoms with Gasteiger partial charge in [0, 0.05) is 17.3 Å². The number of aromatic carboxylic acids is 1. The third-order valence-electron chi connectivity index (χ3n) is 4.59. The maximum Gasteiger partial charge on any atom is 0.435 e. The first kappa shape index (κ1) is 22.8. The summed E-state index contributed by atoms with van der Waals surface area (Å²) >= 11 is 5.44. The Morgan fingerprint density at radius 1 is 1.19 bits per heavy atom. The fourth-order valence-electron chi connectivity index (χ4n) is 3.04. The summed E-state index contributed by atoms with van der Waals surface area (Å²) in [6.07, 6.45) is -10.8. The lowest BCUT2D eigenvalue weighted by Crippen LogP contribution is -2.43. The van der Waals surface area contributed by atoms with Crippen molar-refractivity contribution in [1.29, 1.82) is 0 Å². The van der Waals surface area contributed by atoms with Crippen molar-refractivity contribution in [3.63, 3.8) is 0 Å². The van der Waals surface area contributed by atoms with Gasteiger partial charge in [0.25, 0.3) is 5.60 Å². The predicted molar refractivity (Wildman–Crippen MR) is 92.3 cm³/mol. The molecule has 1 aliphatic heterocycles. The van der Waals surface area contributed by atoms with Gasteiger partial charge < -0.3 is 9.94 Å². The van der Waals surface area contributed by atoms with E-state index in [1.807, 2.05) is 0 Å². The number of alkyl halides is 6. The van der Waals surface area contributed by atoms with E-state index in [-0.39, 0.29) is 29.0 Å². The van der Waals surface area contributed by atoms with E-state index < -0.39 is 58.0 Å². The minimum Gasteiger partial charge on any atom is -0.477 e. The molecule has 0 fully saturated rings. The van der Waals surface area contributed by atoms with E-state index in [1.165, 1.54) is 13.0 Å². The standard InChI is InChI=1S/C18H10ClF7N2O3/c1-7-2-8(6-27-14(7)15(29)30)12-5-16(31-28-12,18(24,25)26)10-3-9(17(21,22)23)4-11(19)13(10)20/h2-4,6H,5H2,1H3,(H,29,30). The van der Waals surface area contributed by atoms with Crippen LogP contribution in [0.4, 0.5) is 30.7 Å². The van der Waals surface area contributed by atoms with Gasteiger partial charge in [-0.1, -0.05) is 16.8 Å². The van der Waals surface area contributed by atoms with Crippen molar-refractivity contribution in [2.75, 3.05) is 0 Å². The molecular formula is C18H10ClF7N2O3. The lowest BCUT2D eigenvalue weighted by Gasteiger charge is -2.30. The first-order chi connectivity index (χ1) is 14.2. The molecule has 0 aliphatic carbocycles. The molecule has 1 N–H and O–H groups in total. The number of halogens is 8. The van der Waals surface area contributed by atoms with E-state index in [2.05, 4.69) is 15.0 Å². The highest BCUT2D eigenvalue weighted by Gasteiger charge is 2.64. The Balaban J connectivity index is 2.12. The van der Waals surface area contributed by atoms with Gasteiger partial charge in [0.1, 0.15) is 5.82 Å². The molecule has 166 valence electrons. The maximum absolute atomic E-state index is 14.5. The fraction of sp³-hybridized carbons (Fsp3) is 0.278. The van der Waals surface area contributed by atoms with Crippen molar-refractivity contribution in [2.45, 2.75) is 31.3 Å². The van der Waals surface area contributed by atoms with Gasteiger partial charge in [-0.25, -0.2) is 14.2 Å². The zero-order valence-electron chi connectivity index (χ0n) is 15.2. The SMILES string of the molecule is Cc1cc(C2=NOC(c3cc(C(F)(F)F)cc(Cl)c3F)(C(F)(F)F)C2)cnc1C(=O)O. The third-order valence-corrected chi connectivity index (χ3v) is 4.87. The number of aryl methyl sites for hydroxylation is 1. The van der Waals surface area contributed by atoms with Crippen molar-refractivity contribution >= 4 is 23.3 Å². The molecule has 0 saturated carbocycles. The number of carbonyl (C=O) groups is 1. The Morgan fingerprint density at radius 2 is 1.84 bits per heavy atom. The lowest BCUT2D eigenvalue weighted by molar-refractivity contribution is -0.276. The monoisotopic (exact) mass is 470 g/mol. The van der Waals surface area contributed by atoms with Gasteiger partial charge in [0.05, 0.1) is 22.7 Å². The van der Waals surface area contributed by atoms with Gasteiger partial charge in [0.2, 0.25) is 0 Å². The van der Waals surface area contributed by atoms with E-state index in [0.717, 1.165) is 6.20 Å². The number of benzene rings is 1. The smallest absolute Gasteiger partial charge is 0.435 e. The second-order valence-corrected chi connectivity index (χ2v) is 7.05. The van der Waals surface area contributed by atoms with Crippen LogP contribution in [0.2, 0.25) is 5.02 Å². The van der Waals surface area contributed by atoms with Crippen LogP contribution in [0, 0.1) is 12.7 Å². The molecule has 0 bridgehead atoms. The second kappa shape index (κ2) is 7.36. The molecule has 0 saturated heterocycles. The molecular weight excluding hydrogens is 461 g/mol. The molecule has 2 aromatic rings. The number of hydrogen-bond acceptors (Lipinski definition) is 4. The number of carboxylic acid groups (broad SMARTS) is 1. The van der Waals surface area contributed by atoms with Crippen LogP contribution in [0.25, 0.3) is 0 Å². The largest absolute Gasteiger partial charge is 0.477 e. The van der Waals surface area contributed by atoms with Gasteiger partial charge in [-0.05, 0) is 30.7 Å². The summed E-state index contributed by atoms with van der Waals surface area (Å²) in [7, 11) is 0. The summed E-state index contributed by atoms with van der Waals surface area (Å²) < 4.78 is 95.8. The van der Waals surface area contributed by atoms with Gasteiger partial charge in [-0.3, -0.25) is 0 Å². The number of nitrogens with zero attached hydrogens (tertiary/aromatic N) is 2. The molecule has 3 rings (SSSR count). The van der Waals surface area contributed by atoms with Crippen LogP contribution in [0.15, 0.2) is 29.6 Å². The predicted octanol–water partition coefficient (Wildman–Crippen LogP) is 5.48. The van der Waals surface area contributed by atoms with Crippen LogP contribution in [0.3, 0.4) is 0 Å². The lowest BCUT2D eigenvalue weighted by atomic mass is 9.85. The fourth-order valence-corrected chi connectivity index (χ4v) is 3.26. The topological polar surface area (TPSA) is 71.8 Å². The number of rotatable bonds is 3. The minimum atomic E-state index is -5.39. The summed E-state index contributed by atoms with van der Waals surface area (Å²) in [4.78, 5) is 19.2. The Kier molecular flexibility index (Phi) is 5.41. The van der Waals surface area contributed by atoms with E-state index >= 15 is 0 Å². The van der Waals surface area contributed by atoms with Crippen LogP contribution in [0.1, 0.15) is 39.2 Å². The Morgan fingerprint density at radius 3 is 2.35 bits per heavy atom. The van der Waals surface area contributed by atoms with Crippen LogP contribution in [0.5, 0.6) is 0 Å². The first-order valence-electron chi connectivity index (χ1n) is 8.26. The van der Waals surface area contributed by atoms with Crippen molar-refractivity contribution in [3.05, 3.63) is 63.2 Å². The maximum atomic E-state index is 14.5. The molecule has 0 radical (unpaired) electrons. The number of pyridine rings is 1. The molecule has 1 unspecified atom stereocenters. The third kappa shape index (κ3) is 3.91. The molecule has 0 amide bonds. The van der Waals surface area contributed by atoms with Gasteiger partial charge in [-0.15, -0.1) is 0 Å². The van der Waals surface area contributed by atoms with E-state index in [1.54, 1.807) is 0 Å². The molecule has 0 spiro atoms. The van der Waals surface area contributed by atoms with Crippen LogP contribution in [-0.2, 0) is 16.6 Å². The number of hydrogen-bond donors (Lipinski definition) is 1. The Labute approximate surface area is 174 Å². The second-order valence-electron chi connectivity index (χ2n) is 6.64. The first-order valence-corrected chi connectivity index (χ1v) is 8.64. The highest BCUT2D eigenvalue weighted by Crippen LogP contribution is 2.51. The summed E-state index contributed by atoms with van der Waals surface area (Å²) in [5.74, 6) is -3.11. The normalized spacial score (nSPS) is 19.2. The van der Waals surface area contributed by atoms with Crippen LogP contribution < -0.4 is 0 Å². The highest BCUT2D eigenvalue weighted by molar-refractivity contribution is 6.30. The van der Waals surface area contributed by atoms with Gasteiger partial charge in [-0.2, -0.15) is 26.3 Å². The van der Waals surface area contributed by atoms with Crippen molar-refractivity contribution in [1.82, 2.24) is 4.98 Å².